The third-order valence-electron chi connectivity index (χ3n) is 4.93. The van der Waals surface area contributed by atoms with Gasteiger partial charge < -0.3 is 15.5 Å². The Morgan fingerprint density at radius 1 is 0.933 bits per heavy atom. The van der Waals surface area contributed by atoms with E-state index in [1.54, 1.807) is 13.0 Å². The van der Waals surface area contributed by atoms with Gasteiger partial charge in [-0.2, -0.15) is 0 Å². The molecule has 0 saturated carbocycles. The average molecular weight is 413 g/mol. The lowest BCUT2D eigenvalue weighted by Crippen LogP contribution is -3.14. The molecule has 1 atom stereocenters. The van der Waals surface area contributed by atoms with E-state index >= 15 is 0 Å². The maximum Gasteiger partial charge on any atom is 0.293 e. The average Bonchev–Trinajstić information content (AvgIpc) is 2.66. The smallest absolute Gasteiger partial charge is 0.293 e. The number of nitrogens with zero attached hydrogens (tertiary/aromatic N) is 1. The van der Waals surface area contributed by atoms with Gasteiger partial charge in [0.25, 0.3) is 17.5 Å². The first-order valence-electron chi connectivity index (χ1n) is 9.95. The molecule has 1 unspecified atom stereocenters. The van der Waals surface area contributed by atoms with Crippen LogP contribution in [-0.4, -0.2) is 36.4 Å². The van der Waals surface area contributed by atoms with Crippen LogP contribution in [0.2, 0.25) is 0 Å². The highest BCUT2D eigenvalue weighted by molar-refractivity contribution is 5.95. The lowest BCUT2D eigenvalue weighted by atomic mass is 10.1. The number of anilines is 2. The summed E-state index contributed by atoms with van der Waals surface area (Å²) in [6, 6.07) is 10.6. The second-order valence-electron chi connectivity index (χ2n) is 7.48. The zero-order valence-electron chi connectivity index (χ0n) is 17.9. The predicted molar refractivity (Wildman–Crippen MR) is 117 cm³/mol. The number of aryl methyl sites for hydroxylation is 3. The van der Waals surface area contributed by atoms with Crippen molar-refractivity contribution in [1.29, 1.82) is 0 Å². The zero-order valence-corrected chi connectivity index (χ0v) is 17.9. The standard InChI is InChI=1S/C22H28N4O4/c1-5-10-25(13-21(27)23-18-9-7-6-8-15(18)2)14-22(28)24-19-11-16(3)17(4)12-20(19)26(29)30/h6-9,11-12H,5,10,13-14H2,1-4H3,(H,23,27)(H,24,28)/p+1. The van der Waals surface area contributed by atoms with E-state index in [-0.39, 0.29) is 36.3 Å². The number of para-hydroxylation sites is 1. The number of hydrogen-bond donors (Lipinski definition) is 3. The van der Waals surface area contributed by atoms with Crippen molar-refractivity contribution in [3.05, 3.63) is 63.2 Å². The van der Waals surface area contributed by atoms with Gasteiger partial charge in [-0.15, -0.1) is 0 Å². The Morgan fingerprint density at radius 3 is 2.07 bits per heavy atom. The van der Waals surface area contributed by atoms with Crippen molar-refractivity contribution in [2.75, 3.05) is 30.3 Å². The molecule has 160 valence electrons. The highest BCUT2D eigenvalue weighted by Crippen LogP contribution is 2.27. The summed E-state index contributed by atoms with van der Waals surface area (Å²) in [5.74, 6) is -0.550. The van der Waals surface area contributed by atoms with E-state index in [0.29, 0.717) is 6.54 Å². The Hall–Kier alpha value is -3.26. The molecular weight excluding hydrogens is 384 g/mol. The molecule has 0 spiro atoms. The minimum atomic E-state index is -0.506. The van der Waals surface area contributed by atoms with Gasteiger partial charge >= 0.3 is 0 Å². The molecule has 0 saturated heterocycles. The van der Waals surface area contributed by atoms with Crippen molar-refractivity contribution in [3.63, 3.8) is 0 Å². The van der Waals surface area contributed by atoms with Crippen LogP contribution >= 0.6 is 0 Å². The molecule has 8 nitrogen and oxygen atoms in total. The summed E-state index contributed by atoms with van der Waals surface area (Å²) in [5, 5.41) is 16.9. The number of hydrogen-bond acceptors (Lipinski definition) is 4. The Bertz CT molecular complexity index is 943. The molecule has 2 aromatic carbocycles. The molecule has 0 aliphatic rings. The van der Waals surface area contributed by atoms with Crippen LogP contribution in [0.25, 0.3) is 0 Å². The fraction of sp³-hybridized carbons (Fsp3) is 0.364. The number of rotatable bonds is 9. The van der Waals surface area contributed by atoms with Crippen molar-refractivity contribution in [2.24, 2.45) is 0 Å². The molecule has 0 aromatic heterocycles. The van der Waals surface area contributed by atoms with Crippen molar-refractivity contribution in [1.82, 2.24) is 0 Å². The van der Waals surface area contributed by atoms with E-state index in [1.165, 1.54) is 6.07 Å². The molecule has 0 aliphatic heterocycles. The predicted octanol–water partition coefficient (Wildman–Crippen LogP) is 2.39. The molecule has 2 aromatic rings. The Kier molecular flexibility index (Phi) is 8.06. The van der Waals surface area contributed by atoms with E-state index < -0.39 is 4.92 Å². The minimum absolute atomic E-state index is 0.0408. The normalized spacial score (nSPS) is 11.6. The van der Waals surface area contributed by atoms with E-state index in [0.717, 1.165) is 33.7 Å². The second kappa shape index (κ2) is 10.5. The quantitative estimate of drug-likeness (QED) is 0.433. The van der Waals surface area contributed by atoms with Crippen LogP contribution in [0, 0.1) is 30.9 Å². The number of amides is 2. The van der Waals surface area contributed by atoms with Crippen LogP contribution in [0.5, 0.6) is 0 Å². The molecule has 0 fully saturated rings. The lowest BCUT2D eigenvalue weighted by molar-refractivity contribution is -0.883. The lowest BCUT2D eigenvalue weighted by Gasteiger charge is -2.18. The van der Waals surface area contributed by atoms with Gasteiger partial charge in [0.1, 0.15) is 5.69 Å². The van der Waals surface area contributed by atoms with Crippen LogP contribution in [0.15, 0.2) is 36.4 Å². The summed E-state index contributed by atoms with van der Waals surface area (Å²) in [4.78, 5) is 36.7. The van der Waals surface area contributed by atoms with Gasteiger partial charge in [-0.25, -0.2) is 0 Å². The minimum Gasteiger partial charge on any atom is -0.321 e. The number of nitro benzene ring substituents is 1. The maximum absolute atomic E-state index is 12.6. The number of benzene rings is 2. The number of nitrogens with one attached hydrogen (secondary N) is 3. The molecule has 30 heavy (non-hydrogen) atoms. The Balaban J connectivity index is 2.05. The highest BCUT2D eigenvalue weighted by Gasteiger charge is 2.22. The van der Waals surface area contributed by atoms with Crippen LogP contribution in [0.4, 0.5) is 17.1 Å². The summed E-state index contributed by atoms with van der Waals surface area (Å²) < 4.78 is 0. The van der Waals surface area contributed by atoms with Gasteiger partial charge in [-0.3, -0.25) is 19.7 Å². The van der Waals surface area contributed by atoms with Crippen LogP contribution in [0.3, 0.4) is 0 Å². The van der Waals surface area contributed by atoms with Crippen molar-refractivity contribution < 1.29 is 19.4 Å². The van der Waals surface area contributed by atoms with E-state index in [2.05, 4.69) is 10.6 Å². The first-order chi connectivity index (χ1) is 14.2. The van der Waals surface area contributed by atoms with Crippen molar-refractivity contribution in [3.8, 4) is 0 Å². The summed E-state index contributed by atoms with van der Waals surface area (Å²) in [5.41, 5.74) is 3.38. The van der Waals surface area contributed by atoms with E-state index in [4.69, 9.17) is 0 Å². The summed E-state index contributed by atoms with van der Waals surface area (Å²) in [6.07, 6.45) is 0.796. The van der Waals surface area contributed by atoms with Crippen molar-refractivity contribution in [2.45, 2.75) is 34.1 Å². The maximum atomic E-state index is 12.6. The van der Waals surface area contributed by atoms with Gasteiger partial charge in [0, 0.05) is 11.8 Å². The van der Waals surface area contributed by atoms with Gasteiger partial charge in [-0.1, -0.05) is 25.1 Å². The largest absolute Gasteiger partial charge is 0.321 e. The molecule has 2 amide bonds. The second-order valence-corrected chi connectivity index (χ2v) is 7.48. The number of carbonyl (C=O) groups excluding carboxylic acids is 2. The monoisotopic (exact) mass is 413 g/mol. The van der Waals surface area contributed by atoms with Gasteiger partial charge in [0.15, 0.2) is 13.1 Å². The van der Waals surface area contributed by atoms with E-state index in [1.807, 2.05) is 45.0 Å². The first kappa shape index (κ1) is 23.0. The SMILES string of the molecule is CCC[NH+](CC(=O)Nc1ccccc1C)CC(=O)Nc1cc(C)c(C)cc1[N+](=O)[O-]. The third kappa shape index (κ3) is 6.38. The third-order valence-corrected chi connectivity index (χ3v) is 4.93. The molecule has 0 radical (unpaired) electrons. The Labute approximate surface area is 176 Å². The number of carbonyl (C=O) groups is 2. The zero-order chi connectivity index (χ0) is 22.3. The fourth-order valence-corrected chi connectivity index (χ4v) is 3.20. The topological polar surface area (TPSA) is 106 Å². The van der Waals surface area contributed by atoms with Gasteiger partial charge in [-0.05, 0) is 56.0 Å². The molecule has 8 heteroatoms. The van der Waals surface area contributed by atoms with Gasteiger partial charge in [0.2, 0.25) is 0 Å². The summed E-state index contributed by atoms with van der Waals surface area (Å²) in [6.45, 7) is 8.31. The number of nitro groups is 1. The first-order valence-corrected chi connectivity index (χ1v) is 9.95. The Morgan fingerprint density at radius 2 is 1.50 bits per heavy atom. The molecule has 2 rings (SSSR count). The van der Waals surface area contributed by atoms with Crippen LogP contribution in [0.1, 0.15) is 30.0 Å². The summed E-state index contributed by atoms with van der Waals surface area (Å²) in [7, 11) is 0. The van der Waals surface area contributed by atoms with Crippen molar-refractivity contribution >= 4 is 28.9 Å². The summed E-state index contributed by atoms with van der Waals surface area (Å²) >= 11 is 0. The van der Waals surface area contributed by atoms with E-state index in [9.17, 15) is 19.7 Å². The van der Waals surface area contributed by atoms with Crippen LogP contribution in [-0.2, 0) is 9.59 Å². The molecule has 0 bridgehead atoms. The highest BCUT2D eigenvalue weighted by atomic mass is 16.6. The fourth-order valence-electron chi connectivity index (χ4n) is 3.20. The molecule has 0 aliphatic carbocycles. The molecular formula is C22H29N4O4+. The van der Waals surface area contributed by atoms with Crippen LogP contribution < -0.4 is 15.5 Å². The number of quaternary nitrogens is 1. The molecule has 3 N–H and O–H groups in total. The van der Waals surface area contributed by atoms with Gasteiger partial charge in [0.05, 0.1) is 11.5 Å². The molecule has 0 heterocycles.